The number of rotatable bonds is 2. The van der Waals surface area contributed by atoms with Gasteiger partial charge in [-0.05, 0) is 30.7 Å². The molecule has 5 rings (SSSR count). The number of carbonyl (C=O) groups is 1. The van der Waals surface area contributed by atoms with Gasteiger partial charge in [0, 0.05) is 30.6 Å². The SMILES string of the molecule is CC1(C)CC1C(=O)N1CCCC(n2cnc3cnc4[nH]ccc4c32)C1. The predicted octanol–water partition coefficient (Wildman–Crippen LogP) is 3.12. The Morgan fingerprint density at radius 2 is 2.20 bits per heavy atom. The second-order valence-electron chi connectivity index (χ2n) is 8.21. The number of piperidine rings is 1. The van der Waals surface area contributed by atoms with Gasteiger partial charge in [0.25, 0.3) is 0 Å². The molecular weight excluding hydrogens is 314 g/mol. The van der Waals surface area contributed by atoms with E-state index in [0.717, 1.165) is 54.4 Å². The highest BCUT2D eigenvalue weighted by Gasteiger charge is 2.52. The van der Waals surface area contributed by atoms with E-state index in [-0.39, 0.29) is 17.4 Å². The van der Waals surface area contributed by atoms with Gasteiger partial charge in [-0.25, -0.2) is 9.97 Å². The number of likely N-dealkylation sites (tertiary alicyclic amines) is 1. The van der Waals surface area contributed by atoms with E-state index < -0.39 is 0 Å². The van der Waals surface area contributed by atoms with Gasteiger partial charge in [-0.1, -0.05) is 13.8 Å². The van der Waals surface area contributed by atoms with Crippen LogP contribution in [0.1, 0.15) is 39.2 Å². The molecule has 1 N–H and O–H groups in total. The molecule has 4 heterocycles. The molecule has 1 aliphatic heterocycles. The number of hydrogen-bond donors (Lipinski definition) is 1. The maximum atomic E-state index is 12.8. The van der Waals surface area contributed by atoms with Crippen molar-refractivity contribution in [1.29, 1.82) is 0 Å². The molecule has 1 amide bonds. The molecule has 3 aromatic rings. The van der Waals surface area contributed by atoms with Gasteiger partial charge in [0.1, 0.15) is 11.2 Å². The lowest BCUT2D eigenvalue weighted by atomic mass is 10.0. The first-order valence-electron chi connectivity index (χ1n) is 9.12. The maximum absolute atomic E-state index is 12.8. The Hall–Kier alpha value is -2.37. The van der Waals surface area contributed by atoms with E-state index in [9.17, 15) is 4.79 Å². The van der Waals surface area contributed by atoms with Crippen LogP contribution in [0.25, 0.3) is 22.1 Å². The number of nitrogens with one attached hydrogen (secondary N) is 1. The van der Waals surface area contributed by atoms with Crippen LogP contribution in [0.5, 0.6) is 0 Å². The van der Waals surface area contributed by atoms with Crippen LogP contribution < -0.4 is 0 Å². The Bertz CT molecular complexity index is 969. The number of aromatic amines is 1. The Morgan fingerprint density at radius 3 is 3.00 bits per heavy atom. The van der Waals surface area contributed by atoms with Crippen molar-refractivity contribution < 1.29 is 4.79 Å². The zero-order valence-corrected chi connectivity index (χ0v) is 14.7. The van der Waals surface area contributed by atoms with E-state index in [1.807, 2.05) is 18.7 Å². The molecule has 2 unspecified atom stereocenters. The summed E-state index contributed by atoms with van der Waals surface area (Å²) in [6.07, 6.45) is 8.81. The average molecular weight is 337 g/mol. The fourth-order valence-electron chi connectivity index (χ4n) is 4.30. The second kappa shape index (κ2) is 5.07. The molecule has 0 bridgehead atoms. The van der Waals surface area contributed by atoms with Crippen molar-refractivity contribution in [2.24, 2.45) is 11.3 Å². The minimum atomic E-state index is 0.189. The zero-order chi connectivity index (χ0) is 17.2. The number of aromatic nitrogens is 4. The van der Waals surface area contributed by atoms with Gasteiger partial charge in [0.2, 0.25) is 5.91 Å². The van der Waals surface area contributed by atoms with Crippen molar-refractivity contribution in [2.45, 2.75) is 39.2 Å². The lowest BCUT2D eigenvalue weighted by Gasteiger charge is -2.34. The van der Waals surface area contributed by atoms with Crippen molar-refractivity contribution in [3.8, 4) is 0 Å². The molecule has 25 heavy (non-hydrogen) atoms. The average Bonchev–Trinajstić information content (AvgIpc) is 3.00. The maximum Gasteiger partial charge on any atom is 0.226 e. The zero-order valence-electron chi connectivity index (χ0n) is 14.7. The fraction of sp³-hybridized carbons (Fsp3) is 0.526. The van der Waals surface area contributed by atoms with Crippen LogP contribution in [0.15, 0.2) is 24.8 Å². The number of imidazole rings is 1. The van der Waals surface area contributed by atoms with Crippen molar-refractivity contribution in [3.05, 3.63) is 24.8 Å². The summed E-state index contributed by atoms with van der Waals surface area (Å²) in [6.45, 7) is 6.05. The molecule has 2 aliphatic rings. The number of amides is 1. The monoisotopic (exact) mass is 337 g/mol. The molecule has 1 aliphatic carbocycles. The summed E-state index contributed by atoms with van der Waals surface area (Å²) < 4.78 is 2.25. The van der Waals surface area contributed by atoms with Gasteiger partial charge in [-0.3, -0.25) is 4.79 Å². The Morgan fingerprint density at radius 1 is 1.36 bits per heavy atom. The van der Waals surface area contributed by atoms with Crippen LogP contribution in [0.2, 0.25) is 0 Å². The minimum absolute atomic E-state index is 0.189. The molecule has 1 saturated heterocycles. The first kappa shape index (κ1) is 14.9. The van der Waals surface area contributed by atoms with Crippen LogP contribution in [0, 0.1) is 11.3 Å². The van der Waals surface area contributed by atoms with Crippen molar-refractivity contribution in [1.82, 2.24) is 24.4 Å². The molecular formula is C19H23N5O. The Kier molecular flexibility index (Phi) is 3.03. The number of carbonyl (C=O) groups excluding carboxylic acids is 1. The molecule has 130 valence electrons. The summed E-state index contributed by atoms with van der Waals surface area (Å²) in [5.41, 5.74) is 3.11. The molecule has 0 spiro atoms. The summed E-state index contributed by atoms with van der Waals surface area (Å²) in [5, 5.41) is 1.10. The number of fused-ring (bicyclic) bond motifs is 3. The lowest BCUT2D eigenvalue weighted by molar-refractivity contribution is -0.134. The van der Waals surface area contributed by atoms with Gasteiger partial charge < -0.3 is 14.5 Å². The highest BCUT2D eigenvalue weighted by Crippen LogP contribution is 2.52. The van der Waals surface area contributed by atoms with E-state index in [2.05, 4.69) is 44.3 Å². The van der Waals surface area contributed by atoms with E-state index in [0.29, 0.717) is 5.91 Å². The molecule has 2 atom stereocenters. The van der Waals surface area contributed by atoms with E-state index in [1.165, 1.54) is 0 Å². The largest absolute Gasteiger partial charge is 0.346 e. The van der Waals surface area contributed by atoms with Crippen LogP contribution in [0.3, 0.4) is 0 Å². The fourth-order valence-corrected chi connectivity index (χ4v) is 4.30. The van der Waals surface area contributed by atoms with Gasteiger partial charge in [0.05, 0.1) is 24.1 Å². The van der Waals surface area contributed by atoms with E-state index in [4.69, 9.17) is 0 Å². The van der Waals surface area contributed by atoms with Crippen LogP contribution >= 0.6 is 0 Å². The standard InChI is InChI=1S/C19H23N5O/c1-19(2)8-14(19)18(25)23-7-3-4-12(10-23)24-11-22-15-9-21-17-13(16(15)24)5-6-20-17/h5-6,9,11-12,14H,3-4,7-8,10H2,1-2H3,(H,20,21). The summed E-state index contributed by atoms with van der Waals surface area (Å²) in [7, 11) is 0. The Balaban J connectivity index is 1.48. The smallest absolute Gasteiger partial charge is 0.226 e. The third-order valence-electron chi connectivity index (χ3n) is 6.03. The van der Waals surface area contributed by atoms with E-state index in [1.54, 1.807) is 0 Å². The molecule has 6 nitrogen and oxygen atoms in total. The number of hydrogen-bond acceptors (Lipinski definition) is 3. The van der Waals surface area contributed by atoms with Gasteiger partial charge in [-0.2, -0.15) is 0 Å². The highest BCUT2D eigenvalue weighted by molar-refractivity contribution is 6.01. The molecule has 3 aromatic heterocycles. The van der Waals surface area contributed by atoms with Crippen LogP contribution in [-0.2, 0) is 4.79 Å². The third-order valence-corrected chi connectivity index (χ3v) is 6.03. The third kappa shape index (κ3) is 2.27. The van der Waals surface area contributed by atoms with E-state index >= 15 is 0 Å². The summed E-state index contributed by atoms with van der Waals surface area (Å²) in [4.78, 5) is 27.0. The van der Waals surface area contributed by atoms with Gasteiger partial charge in [-0.15, -0.1) is 0 Å². The molecule has 2 fully saturated rings. The summed E-state index contributed by atoms with van der Waals surface area (Å²) >= 11 is 0. The van der Waals surface area contributed by atoms with Crippen LogP contribution in [-0.4, -0.2) is 43.4 Å². The topological polar surface area (TPSA) is 66.8 Å². The van der Waals surface area contributed by atoms with Crippen molar-refractivity contribution in [2.75, 3.05) is 13.1 Å². The van der Waals surface area contributed by atoms with Gasteiger partial charge >= 0.3 is 0 Å². The molecule has 0 radical (unpaired) electrons. The Labute approximate surface area is 146 Å². The van der Waals surface area contributed by atoms with Crippen molar-refractivity contribution >= 4 is 28.0 Å². The first-order chi connectivity index (χ1) is 12.0. The highest BCUT2D eigenvalue weighted by atomic mass is 16.2. The molecule has 1 saturated carbocycles. The second-order valence-corrected chi connectivity index (χ2v) is 8.21. The lowest BCUT2D eigenvalue weighted by Crippen LogP contribution is -2.42. The molecule has 6 heteroatoms. The van der Waals surface area contributed by atoms with Gasteiger partial charge in [0.15, 0.2) is 0 Å². The summed E-state index contributed by atoms with van der Waals surface area (Å²) in [6, 6.07) is 2.34. The normalized spacial score (nSPS) is 25.6. The molecule has 0 aromatic carbocycles. The number of pyridine rings is 1. The number of nitrogens with zero attached hydrogens (tertiary/aromatic N) is 4. The van der Waals surface area contributed by atoms with Crippen LogP contribution in [0.4, 0.5) is 0 Å². The minimum Gasteiger partial charge on any atom is -0.346 e. The number of H-pyrrole nitrogens is 1. The predicted molar refractivity (Wildman–Crippen MR) is 96.1 cm³/mol. The summed E-state index contributed by atoms with van der Waals surface area (Å²) in [5.74, 6) is 0.555. The quantitative estimate of drug-likeness (QED) is 0.781. The van der Waals surface area contributed by atoms with Crippen molar-refractivity contribution in [3.63, 3.8) is 0 Å². The first-order valence-corrected chi connectivity index (χ1v) is 9.12.